The highest BCUT2D eigenvalue weighted by Crippen LogP contribution is 2.18. The minimum absolute atomic E-state index is 0.0470. The predicted octanol–water partition coefficient (Wildman–Crippen LogP) is 3.38. The number of morpholine rings is 1. The Hall–Kier alpha value is -2.41. The Morgan fingerprint density at radius 2 is 1.70 bits per heavy atom. The SMILES string of the molecule is CC(C)C(=O)N(Cc1ccc(Cl)cc1)C(Cc1ccccc1)C(=O)NCCN1CCOCC1. The molecule has 33 heavy (non-hydrogen) atoms. The third-order valence-electron chi connectivity index (χ3n) is 5.82. The zero-order chi connectivity index (χ0) is 23.6. The topological polar surface area (TPSA) is 61.9 Å². The van der Waals surface area contributed by atoms with Crippen LogP contribution in [0.2, 0.25) is 5.02 Å². The van der Waals surface area contributed by atoms with E-state index in [9.17, 15) is 9.59 Å². The Bertz CT molecular complexity index is 883. The van der Waals surface area contributed by atoms with Crippen molar-refractivity contribution in [3.05, 3.63) is 70.7 Å². The second kappa shape index (κ2) is 12.7. The number of nitrogens with one attached hydrogen (secondary N) is 1. The molecule has 6 nitrogen and oxygen atoms in total. The van der Waals surface area contributed by atoms with Gasteiger partial charge in [-0.3, -0.25) is 14.5 Å². The summed E-state index contributed by atoms with van der Waals surface area (Å²) in [5.41, 5.74) is 1.95. The monoisotopic (exact) mass is 471 g/mol. The quantitative estimate of drug-likeness (QED) is 0.577. The first-order valence-electron chi connectivity index (χ1n) is 11.6. The van der Waals surface area contributed by atoms with Crippen molar-refractivity contribution >= 4 is 23.4 Å². The molecule has 178 valence electrons. The maximum absolute atomic E-state index is 13.4. The fourth-order valence-corrected chi connectivity index (χ4v) is 4.05. The minimum atomic E-state index is -0.609. The van der Waals surface area contributed by atoms with Crippen molar-refractivity contribution in [2.24, 2.45) is 5.92 Å². The number of carbonyl (C=O) groups is 2. The van der Waals surface area contributed by atoms with E-state index >= 15 is 0 Å². The molecule has 2 aromatic rings. The van der Waals surface area contributed by atoms with Crippen LogP contribution in [0.15, 0.2) is 54.6 Å². The Balaban J connectivity index is 1.78. The first-order chi connectivity index (χ1) is 15.9. The van der Waals surface area contributed by atoms with Crippen LogP contribution in [0.1, 0.15) is 25.0 Å². The van der Waals surface area contributed by atoms with E-state index < -0.39 is 6.04 Å². The molecule has 1 heterocycles. The molecule has 1 unspecified atom stereocenters. The summed E-state index contributed by atoms with van der Waals surface area (Å²) in [4.78, 5) is 30.7. The lowest BCUT2D eigenvalue weighted by Gasteiger charge is -2.33. The second-order valence-corrected chi connectivity index (χ2v) is 9.13. The van der Waals surface area contributed by atoms with E-state index in [1.54, 1.807) is 4.90 Å². The van der Waals surface area contributed by atoms with Crippen LogP contribution in [-0.4, -0.2) is 67.0 Å². The van der Waals surface area contributed by atoms with Crippen LogP contribution in [0.3, 0.4) is 0 Å². The van der Waals surface area contributed by atoms with Gasteiger partial charge >= 0.3 is 0 Å². The Morgan fingerprint density at radius 3 is 2.33 bits per heavy atom. The Kier molecular flexibility index (Phi) is 9.73. The number of amides is 2. The number of rotatable bonds is 10. The minimum Gasteiger partial charge on any atom is -0.379 e. The third-order valence-corrected chi connectivity index (χ3v) is 6.08. The van der Waals surface area contributed by atoms with Crippen LogP contribution in [0.25, 0.3) is 0 Å². The molecule has 3 rings (SSSR count). The number of carbonyl (C=O) groups excluding carboxylic acids is 2. The Morgan fingerprint density at radius 1 is 1.03 bits per heavy atom. The van der Waals surface area contributed by atoms with Crippen LogP contribution >= 0.6 is 11.6 Å². The van der Waals surface area contributed by atoms with Crippen LogP contribution in [0.4, 0.5) is 0 Å². The number of nitrogens with zero attached hydrogens (tertiary/aromatic N) is 2. The van der Waals surface area contributed by atoms with Gasteiger partial charge in [-0.2, -0.15) is 0 Å². The number of halogens is 1. The first-order valence-corrected chi connectivity index (χ1v) is 12.0. The van der Waals surface area contributed by atoms with Gasteiger partial charge in [-0.25, -0.2) is 0 Å². The lowest BCUT2D eigenvalue weighted by atomic mass is 10.0. The van der Waals surface area contributed by atoms with Crippen molar-refractivity contribution in [1.82, 2.24) is 15.1 Å². The Labute approximate surface area is 201 Å². The molecule has 0 saturated carbocycles. The van der Waals surface area contributed by atoms with Crippen LogP contribution in [0, 0.1) is 5.92 Å². The van der Waals surface area contributed by atoms with Gasteiger partial charge in [0.15, 0.2) is 0 Å². The highest BCUT2D eigenvalue weighted by molar-refractivity contribution is 6.30. The van der Waals surface area contributed by atoms with E-state index in [0.29, 0.717) is 24.5 Å². The van der Waals surface area contributed by atoms with Gasteiger partial charge < -0.3 is 15.0 Å². The molecule has 0 bridgehead atoms. The van der Waals surface area contributed by atoms with Gasteiger partial charge in [-0.05, 0) is 23.3 Å². The smallest absolute Gasteiger partial charge is 0.243 e. The molecule has 1 N–H and O–H groups in total. The third kappa shape index (κ3) is 7.84. The summed E-state index contributed by atoms with van der Waals surface area (Å²) in [5.74, 6) is -0.402. The van der Waals surface area contributed by atoms with Gasteiger partial charge in [0.1, 0.15) is 6.04 Å². The molecule has 1 fully saturated rings. The van der Waals surface area contributed by atoms with Crippen molar-refractivity contribution in [3.63, 3.8) is 0 Å². The van der Waals surface area contributed by atoms with Crippen LogP contribution in [-0.2, 0) is 27.3 Å². The maximum atomic E-state index is 13.4. The average molecular weight is 472 g/mol. The normalized spacial score (nSPS) is 15.3. The van der Waals surface area contributed by atoms with Crippen molar-refractivity contribution in [3.8, 4) is 0 Å². The lowest BCUT2D eigenvalue weighted by Crippen LogP contribution is -2.52. The number of hydrogen-bond donors (Lipinski definition) is 1. The predicted molar refractivity (Wildman–Crippen MR) is 131 cm³/mol. The summed E-state index contributed by atoms with van der Waals surface area (Å²) in [6, 6.07) is 16.7. The maximum Gasteiger partial charge on any atom is 0.243 e. The zero-order valence-electron chi connectivity index (χ0n) is 19.5. The molecule has 1 aliphatic rings. The fraction of sp³-hybridized carbons (Fsp3) is 0.462. The van der Waals surface area contributed by atoms with Gasteiger partial charge in [0.25, 0.3) is 0 Å². The van der Waals surface area contributed by atoms with Crippen molar-refractivity contribution < 1.29 is 14.3 Å². The van der Waals surface area contributed by atoms with Crippen molar-refractivity contribution in [1.29, 1.82) is 0 Å². The molecule has 0 radical (unpaired) electrons. The molecule has 0 aliphatic carbocycles. The zero-order valence-corrected chi connectivity index (χ0v) is 20.3. The number of benzene rings is 2. The largest absolute Gasteiger partial charge is 0.379 e. The van der Waals surface area contributed by atoms with E-state index in [2.05, 4.69) is 10.2 Å². The molecule has 1 aliphatic heterocycles. The highest BCUT2D eigenvalue weighted by Gasteiger charge is 2.31. The number of hydrogen-bond acceptors (Lipinski definition) is 4. The highest BCUT2D eigenvalue weighted by atomic mass is 35.5. The molecule has 1 atom stereocenters. The second-order valence-electron chi connectivity index (χ2n) is 8.70. The molecule has 2 aromatic carbocycles. The fourth-order valence-electron chi connectivity index (χ4n) is 3.92. The van der Waals surface area contributed by atoms with Crippen molar-refractivity contribution in [2.45, 2.75) is 32.9 Å². The van der Waals surface area contributed by atoms with Gasteiger partial charge in [0, 0.05) is 50.1 Å². The van der Waals surface area contributed by atoms with Gasteiger partial charge in [-0.15, -0.1) is 0 Å². The standard InChI is InChI=1S/C26H34ClN3O3/c1-20(2)26(32)30(19-22-8-10-23(27)11-9-22)24(18-21-6-4-3-5-7-21)25(31)28-12-13-29-14-16-33-17-15-29/h3-11,20,24H,12-19H2,1-2H3,(H,28,31). The van der Waals surface area contributed by atoms with E-state index in [4.69, 9.17) is 16.3 Å². The van der Waals surface area contributed by atoms with Crippen LogP contribution < -0.4 is 5.32 Å². The average Bonchev–Trinajstić information content (AvgIpc) is 2.83. The summed E-state index contributed by atoms with van der Waals surface area (Å²) in [5, 5.41) is 3.72. The summed E-state index contributed by atoms with van der Waals surface area (Å²) < 4.78 is 5.39. The molecule has 0 aromatic heterocycles. The molecule has 2 amide bonds. The summed E-state index contributed by atoms with van der Waals surface area (Å²) in [6.07, 6.45) is 0.455. The van der Waals surface area contributed by atoms with E-state index in [1.165, 1.54) is 0 Å². The van der Waals surface area contributed by atoms with E-state index in [-0.39, 0.29) is 17.7 Å². The van der Waals surface area contributed by atoms with Crippen molar-refractivity contribution in [2.75, 3.05) is 39.4 Å². The summed E-state index contributed by atoms with van der Waals surface area (Å²) in [6.45, 7) is 8.58. The van der Waals surface area contributed by atoms with Crippen LogP contribution in [0.5, 0.6) is 0 Å². The number of ether oxygens (including phenoxy) is 1. The van der Waals surface area contributed by atoms with Gasteiger partial charge in [0.2, 0.25) is 11.8 Å². The summed E-state index contributed by atoms with van der Waals surface area (Å²) in [7, 11) is 0. The summed E-state index contributed by atoms with van der Waals surface area (Å²) >= 11 is 6.05. The molecule has 7 heteroatoms. The molecule has 0 spiro atoms. The van der Waals surface area contributed by atoms with Gasteiger partial charge in [-0.1, -0.05) is 67.9 Å². The lowest BCUT2D eigenvalue weighted by molar-refractivity contribution is -0.143. The van der Waals surface area contributed by atoms with E-state index in [1.807, 2.05) is 68.4 Å². The van der Waals surface area contributed by atoms with E-state index in [0.717, 1.165) is 44.0 Å². The first kappa shape index (κ1) is 25.2. The molecule has 1 saturated heterocycles. The molecular formula is C26H34ClN3O3. The molecular weight excluding hydrogens is 438 g/mol. The van der Waals surface area contributed by atoms with Gasteiger partial charge in [0.05, 0.1) is 13.2 Å².